The summed E-state index contributed by atoms with van der Waals surface area (Å²) >= 11 is 0. The van der Waals surface area contributed by atoms with Gasteiger partial charge in [-0.3, -0.25) is 0 Å². The smallest absolute Gasteiger partial charge is 0.416 e. The van der Waals surface area contributed by atoms with Crippen LogP contribution in [0, 0.1) is 0 Å². The van der Waals surface area contributed by atoms with Gasteiger partial charge in [0.2, 0.25) is 10.0 Å². The van der Waals surface area contributed by atoms with Crippen LogP contribution in [0.25, 0.3) is 11.0 Å². The molecule has 3 aromatic rings. The summed E-state index contributed by atoms with van der Waals surface area (Å²) in [5.41, 5.74) is -0.140. The quantitative estimate of drug-likeness (QED) is 0.631. The normalized spacial score (nSPS) is 15.3. The summed E-state index contributed by atoms with van der Waals surface area (Å²) < 4.78 is 80.1. The van der Waals surface area contributed by atoms with Crippen molar-refractivity contribution in [1.82, 2.24) is 14.3 Å². The number of aromatic nitrogens is 2. The Morgan fingerprint density at radius 3 is 2.52 bits per heavy atom. The van der Waals surface area contributed by atoms with Crippen molar-refractivity contribution in [2.24, 2.45) is 0 Å². The van der Waals surface area contributed by atoms with Crippen LogP contribution in [0.3, 0.4) is 0 Å². The lowest BCUT2D eigenvalue weighted by molar-refractivity contribution is -0.137. The van der Waals surface area contributed by atoms with E-state index in [-0.39, 0.29) is 10.4 Å². The lowest BCUT2D eigenvalue weighted by Crippen LogP contribution is -2.29. The van der Waals surface area contributed by atoms with E-state index in [1.165, 1.54) is 24.3 Å². The van der Waals surface area contributed by atoms with Crippen LogP contribution in [0.1, 0.15) is 31.3 Å². The molecule has 1 atom stereocenters. The monoisotopic (exact) mass is 455 g/mol. The van der Waals surface area contributed by atoms with Crippen LogP contribution in [0.2, 0.25) is 0 Å². The van der Waals surface area contributed by atoms with Gasteiger partial charge in [-0.25, -0.2) is 18.1 Å². The Kier molecular flexibility index (Phi) is 5.34. The first-order chi connectivity index (χ1) is 14.6. The number of ether oxygens (including phenoxy) is 2. The molecule has 0 aliphatic carbocycles. The average Bonchev–Trinajstić information content (AvgIpc) is 3.10. The van der Waals surface area contributed by atoms with Crippen LogP contribution in [0.15, 0.2) is 41.3 Å². The van der Waals surface area contributed by atoms with E-state index in [4.69, 9.17) is 9.47 Å². The number of rotatable bonds is 5. The van der Waals surface area contributed by atoms with Gasteiger partial charge < -0.3 is 14.0 Å². The number of fused-ring (bicyclic) bond motifs is 2. The molecule has 0 bridgehead atoms. The van der Waals surface area contributed by atoms with Crippen molar-refractivity contribution in [2.75, 3.05) is 13.2 Å². The second-order valence-corrected chi connectivity index (χ2v) is 8.78. The number of alkyl halides is 3. The molecular weight excluding hydrogens is 435 g/mol. The summed E-state index contributed by atoms with van der Waals surface area (Å²) in [6.45, 7) is 4.38. The average molecular weight is 455 g/mol. The largest absolute Gasteiger partial charge is 0.486 e. The van der Waals surface area contributed by atoms with Crippen molar-refractivity contribution in [3.05, 3.63) is 47.8 Å². The minimum Gasteiger partial charge on any atom is -0.486 e. The molecular formula is C20H20F3N3O4S. The standard InChI is InChI=1S/C20H20F3N3O4S/c1-3-26-16-10-13(20(21,22)23)4-6-15(16)24-19(26)12(2)25-31(27,28)14-5-7-17-18(11-14)30-9-8-29-17/h4-7,10-12,25H,3,8-9H2,1-2H3. The van der Waals surface area contributed by atoms with Gasteiger partial charge in [0, 0.05) is 12.6 Å². The van der Waals surface area contributed by atoms with Crippen LogP contribution in [0.4, 0.5) is 13.2 Å². The van der Waals surface area contributed by atoms with Crippen molar-refractivity contribution in [1.29, 1.82) is 0 Å². The van der Waals surface area contributed by atoms with Gasteiger partial charge in [-0.05, 0) is 44.2 Å². The lowest BCUT2D eigenvalue weighted by atomic mass is 10.2. The molecule has 1 unspecified atom stereocenters. The molecule has 1 N–H and O–H groups in total. The number of nitrogens with zero attached hydrogens (tertiary/aromatic N) is 2. The molecule has 0 amide bonds. The second-order valence-electron chi connectivity index (χ2n) is 7.06. The SMILES string of the molecule is CCn1c(C(C)NS(=O)(=O)c2ccc3c(c2)OCCO3)nc2ccc(C(F)(F)F)cc21. The number of nitrogens with one attached hydrogen (secondary N) is 1. The molecule has 4 rings (SSSR count). The Labute approximate surface area is 176 Å². The van der Waals surface area contributed by atoms with E-state index in [1.54, 1.807) is 18.4 Å². The molecule has 7 nitrogen and oxygen atoms in total. The third-order valence-electron chi connectivity index (χ3n) is 4.96. The molecule has 0 radical (unpaired) electrons. The van der Waals surface area contributed by atoms with Crippen molar-refractivity contribution in [3.63, 3.8) is 0 Å². The first-order valence-corrected chi connectivity index (χ1v) is 11.1. The maximum absolute atomic E-state index is 13.1. The van der Waals surface area contributed by atoms with Crippen LogP contribution in [-0.4, -0.2) is 31.2 Å². The summed E-state index contributed by atoms with van der Waals surface area (Å²) in [6, 6.07) is 6.78. The van der Waals surface area contributed by atoms with Gasteiger partial charge in [0.1, 0.15) is 19.0 Å². The molecule has 11 heteroatoms. The van der Waals surface area contributed by atoms with E-state index < -0.39 is 27.8 Å². The third kappa shape index (κ3) is 4.07. The number of aryl methyl sites for hydroxylation is 1. The molecule has 0 spiro atoms. The number of benzene rings is 2. The number of imidazole rings is 1. The van der Waals surface area contributed by atoms with E-state index in [2.05, 4.69) is 9.71 Å². The van der Waals surface area contributed by atoms with Gasteiger partial charge >= 0.3 is 6.18 Å². The fourth-order valence-corrected chi connectivity index (χ4v) is 4.74. The lowest BCUT2D eigenvalue weighted by Gasteiger charge is -2.20. The number of hydrogen-bond acceptors (Lipinski definition) is 5. The zero-order valence-electron chi connectivity index (χ0n) is 16.7. The molecule has 166 valence electrons. The van der Waals surface area contributed by atoms with Gasteiger partial charge in [0.25, 0.3) is 0 Å². The predicted molar refractivity (Wildman–Crippen MR) is 107 cm³/mol. The Morgan fingerprint density at radius 1 is 1.13 bits per heavy atom. The fraction of sp³-hybridized carbons (Fsp3) is 0.350. The van der Waals surface area contributed by atoms with E-state index in [1.807, 2.05) is 0 Å². The topological polar surface area (TPSA) is 82.5 Å². The molecule has 1 aliphatic heterocycles. The Balaban J connectivity index is 1.67. The summed E-state index contributed by atoms with van der Waals surface area (Å²) in [5, 5.41) is 0. The van der Waals surface area contributed by atoms with Gasteiger partial charge in [-0.15, -0.1) is 0 Å². The van der Waals surface area contributed by atoms with E-state index in [0.717, 1.165) is 12.1 Å². The molecule has 31 heavy (non-hydrogen) atoms. The van der Waals surface area contributed by atoms with Crippen molar-refractivity contribution in [2.45, 2.75) is 37.5 Å². The zero-order chi connectivity index (χ0) is 22.4. The van der Waals surface area contributed by atoms with Gasteiger partial charge in [0.05, 0.1) is 27.5 Å². The third-order valence-corrected chi connectivity index (χ3v) is 6.50. The summed E-state index contributed by atoms with van der Waals surface area (Å²) in [4.78, 5) is 4.37. The number of halogens is 3. The molecule has 1 aliphatic rings. The first-order valence-electron chi connectivity index (χ1n) is 9.59. The van der Waals surface area contributed by atoms with Crippen molar-refractivity contribution < 1.29 is 31.1 Å². The minimum absolute atomic E-state index is 0.0119. The molecule has 0 saturated heterocycles. The van der Waals surface area contributed by atoms with E-state index >= 15 is 0 Å². The van der Waals surface area contributed by atoms with E-state index in [0.29, 0.717) is 42.6 Å². The molecule has 2 aromatic carbocycles. The van der Waals surface area contributed by atoms with Crippen molar-refractivity contribution >= 4 is 21.1 Å². The van der Waals surface area contributed by atoms with Crippen LogP contribution in [0.5, 0.6) is 11.5 Å². The van der Waals surface area contributed by atoms with Crippen LogP contribution >= 0.6 is 0 Å². The molecule has 1 aromatic heterocycles. The number of sulfonamides is 1. The summed E-state index contributed by atoms with van der Waals surface area (Å²) in [5.74, 6) is 1.12. The molecule has 0 saturated carbocycles. The maximum atomic E-state index is 13.1. The van der Waals surface area contributed by atoms with Crippen LogP contribution in [-0.2, 0) is 22.7 Å². The Bertz CT molecular complexity index is 1240. The van der Waals surface area contributed by atoms with Gasteiger partial charge in [-0.2, -0.15) is 13.2 Å². The first kappa shape index (κ1) is 21.4. The Hall–Kier alpha value is -2.79. The summed E-state index contributed by atoms with van der Waals surface area (Å²) in [6.07, 6.45) is -4.48. The highest BCUT2D eigenvalue weighted by Crippen LogP contribution is 2.34. The highest BCUT2D eigenvalue weighted by molar-refractivity contribution is 7.89. The minimum atomic E-state index is -4.48. The predicted octanol–water partition coefficient (Wildman–Crippen LogP) is 3.89. The second kappa shape index (κ2) is 7.72. The van der Waals surface area contributed by atoms with E-state index in [9.17, 15) is 21.6 Å². The maximum Gasteiger partial charge on any atom is 0.416 e. The zero-order valence-corrected chi connectivity index (χ0v) is 17.5. The summed E-state index contributed by atoms with van der Waals surface area (Å²) in [7, 11) is -3.95. The molecule has 2 heterocycles. The highest BCUT2D eigenvalue weighted by atomic mass is 32.2. The van der Waals surface area contributed by atoms with Gasteiger partial charge in [-0.1, -0.05) is 0 Å². The van der Waals surface area contributed by atoms with Crippen LogP contribution < -0.4 is 14.2 Å². The Morgan fingerprint density at radius 2 is 1.84 bits per heavy atom. The van der Waals surface area contributed by atoms with Gasteiger partial charge in [0.15, 0.2) is 11.5 Å². The molecule has 0 fully saturated rings. The van der Waals surface area contributed by atoms with Crippen molar-refractivity contribution in [3.8, 4) is 11.5 Å². The highest BCUT2D eigenvalue weighted by Gasteiger charge is 2.31. The fourth-order valence-electron chi connectivity index (χ4n) is 3.52. The number of hydrogen-bond donors (Lipinski definition) is 1.